The van der Waals surface area contributed by atoms with Gasteiger partial charge in [0.1, 0.15) is 0 Å². The van der Waals surface area contributed by atoms with Crippen molar-refractivity contribution in [1.29, 1.82) is 0 Å². The van der Waals surface area contributed by atoms with Crippen molar-refractivity contribution in [3.63, 3.8) is 0 Å². The number of amides is 1. The smallest absolute Gasteiger partial charge is 0.224 e. The van der Waals surface area contributed by atoms with Gasteiger partial charge in [0.2, 0.25) is 5.91 Å². The molecule has 1 amide bonds. The molecule has 3 unspecified atom stereocenters. The molecule has 2 aliphatic carbocycles. The molecule has 2 aliphatic rings. The van der Waals surface area contributed by atoms with Crippen molar-refractivity contribution in [2.24, 2.45) is 22.5 Å². The van der Waals surface area contributed by atoms with Crippen LogP contribution < -0.4 is 5.73 Å². The normalized spacial score (nSPS) is 44.6. The molecule has 1 saturated carbocycles. The maximum absolute atomic E-state index is 11.7. The summed E-state index contributed by atoms with van der Waals surface area (Å²) >= 11 is 0. The molecule has 78 valence electrons. The number of hydrogen-bond donors (Lipinski definition) is 1. The van der Waals surface area contributed by atoms with Gasteiger partial charge in [-0.25, -0.2) is 0 Å². The second kappa shape index (κ2) is 2.85. The third kappa shape index (κ3) is 0.891. The van der Waals surface area contributed by atoms with E-state index < -0.39 is 0 Å². The van der Waals surface area contributed by atoms with Crippen LogP contribution in [-0.2, 0) is 4.79 Å². The lowest BCUT2D eigenvalue weighted by Gasteiger charge is -2.41. The van der Waals surface area contributed by atoms with Crippen LogP contribution in [0.3, 0.4) is 0 Å². The molecule has 0 aromatic rings. The third-order valence-corrected chi connectivity index (χ3v) is 4.58. The van der Waals surface area contributed by atoms with E-state index in [1.165, 1.54) is 0 Å². The van der Waals surface area contributed by atoms with Gasteiger partial charge in [0, 0.05) is 5.41 Å². The molecule has 0 aliphatic heterocycles. The highest BCUT2D eigenvalue weighted by atomic mass is 16.1. The number of allylic oxidation sites excluding steroid dienone is 2. The Morgan fingerprint density at radius 1 is 1.43 bits per heavy atom. The fourth-order valence-electron chi connectivity index (χ4n) is 3.69. The van der Waals surface area contributed by atoms with Crippen molar-refractivity contribution in [1.82, 2.24) is 0 Å². The number of carbonyl (C=O) groups excluding carboxylic acids is 1. The largest absolute Gasteiger partial charge is 0.369 e. The zero-order valence-electron chi connectivity index (χ0n) is 9.05. The highest BCUT2D eigenvalue weighted by molar-refractivity contribution is 5.83. The quantitative estimate of drug-likeness (QED) is 0.686. The van der Waals surface area contributed by atoms with E-state index in [0.29, 0.717) is 5.92 Å². The number of rotatable bonds is 3. The summed E-state index contributed by atoms with van der Waals surface area (Å²) in [5.74, 6) is 0.510. The van der Waals surface area contributed by atoms with Crippen LogP contribution in [0.25, 0.3) is 0 Å². The SMILES string of the molecule is CCC12C=CC(C1)CC2(CC)C(N)=O. The van der Waals surface area contributed by atoms with Gasteiger partial charge in [-0.1, -0.05) is 26.0 Å². The molecule has 3 atom stereocenters. The maximum Gasteiger partial charge on any atom is 0.224 e. The minimum absolute atomic E-state index is 0.0816. The highest BCUT2D eigenvalue weighted by Gasteiger charge is 2.60. The monoisotopic (exact) mass is 193 g/mol. The molecule has 2 bridgehead atoms. The number of nitrogens with two attached hydrogens (primary N) is 1. The number of primary amides is 1. The van der Waals surface area contributed by atoms with E-state index in [0.717, 1.165) is 25.7 Å². The zero-order valence-corrected chi connectivity index (χ0v) is 9.05. The van der Waals surface area contributed by atoms with E-state index >= 15 is 0 Å². The first-order valence-electron chi connectivity index (χ1n) is 5.59. The van der Waals surface area contributed by atoms with E-state index in [1.807, 2.05) is 0 Å². The van der Waals surface area contributed by atoms with E-state index in [1.54, 1.807) is 0 Å². The van der Waals surface area contributed by atoms with Gasteiger partial charge in [-0.15, -0.1) is 0 Å². The van der Waals surface area contributed by atoms with Crippen LogP contribution in [0, 0.1) is 16.7 Å². The van der Waals surface area contributed by atoms with Gasteiger partial charge in [-0.05, 0) is 31.6 Å². The van der Waals surface area contributed by atoms with Crippen LogP contribution in [0.15, 0.2) is 12.2 Å². The summed E-state index contributed by atoms with van der Waals surface area (Å²) in [5.41, 5.74) is 5.45. The minimum atomic E-state index is -0.249. The minimum Gasteiger partial charge on any atom is -0.369 e. The first-order chi connectivity index (χ1) is 6.60. The van der Waals surface area contributed by atoms with Crippen LogP contribution in [0.2, 0.25) is 0 Å². The molecule has 2 rings (SSSR count). The Hall–Kier alpha value is -0.790. The van der Waals surface area contributed by atoms with Crippen molar-refractivity contribution in [2.75, 3.05) is 0 Å². The van der Waals surface area contributed by atoms with Crippen LogP contribution in [0.1, 0.15) is 39.5 Å². The average molecular weight is 193 g/mol. The van der Waals surface area contributed by atoms with E-state index in [2.05, 4.69) is 26.0 Å². The molecule has 0 spiro atoms. The summed E-state index contributed by atoms with van der Waals surface area (Å²) in [6, 6.07) is 0. The molecule has 2 N–H and O–H groups in total. The summed E-state index contributed by atoms with van der Waals surface area (Å²) in [6.45, 7) is 4.27. The van der Waals surface area contributed by atoms with Crippen molar-refractivity contribution < 1.29 is 4.79 Å². The average Bonchev–Trinajstić information content (AvgIpc) is 2.73. The second-order valence-corrected chi connectivity index (χ2v) is 4.84. The van der Waals surface area contributed by atoms with Gasteiger partial charge in [-0.2, -0.15) is 0 Å². The molecule has 0 aromatic heterocycles. The summed E-state index contributed by atoms with van der Waals surface area (Å²) in [6.07, 6.45) is 8.58. The summed E-state index contributed by atoms with van der Waals surface area (Å²) in [7, 11) is 0. The van der Waals surface area contributed by atoms with Crippen LogP contribution in [0.5, 0.6) is 0 Å². The molecule has 2 heteroatoms. The van der Waals surface area contributed by atoms with Crippen LogP contribution in [0.4, 0.5) is 0 Å². The second-order valence-electron chi connectivity index (χ2n) is 4.84. The molecule has 0 heterocycles. The van der Waals surface area contributed by atoms with Crippen molar-refractivity contribution in [3.8, 4) is 0 Å². The van der Waals surface area contributed by atoms with Gasteiger partial charge >= 0.3 is 0 Å². The Labute approximate surface area is 85.6 Å². The number of hydrogen-bond acceptors (Lipinski definition) is 1. The number of carbonyl (C=O) groups is 1. The summed E-state index contributed by atoms with van der Waals surface area (Å²) in [5, 5.41) is 0. The Morgan fingerprint density at radius 3 is 2.50 bits per heavy atom. The molecule has 0 saturated heterocycles. The molecular formula is C12H19NO. The lowest BCUT2D eigenvalue weighted by molar-refractivity contribution is -0.133. The Bertz CT molecular complexity index is 297. The fourth-order valence-corrected chi connectivity index (χ4v) is 3.69. The molecular weight excluding hydrogens is 174 g/mol. The molecule has 0 radical (unpaired) electrons. The van der Waals surface area contributed by atoms with Gasteiger partial charge in [0.25, 0.3) is 0 Å². The first-order valence-corrected chi connectivity index (χ1v) is 5.59. The van der Waals surface area contributed by atoms with Gasteiger partial charge in [0.15, 0.2) is 0 Å². The fraction of sp³-hybridized carbons (Fsp3) is 0.750. The van der Waals surface area contributed by atoms with E-state index in [9.17, 15) is 4.79 Å². The number of fused-ring (bicyclic) bond motifs is 2. The van der Waals surface area contributed by atoms with Gasteiger partial charge < -0.3 is 5.73 Å². The zero-order chi connectivity index (χ0) is 10.4. The predicted octanol–water partition coefficient (Wildman–Crippen LogP) is 2.24. The predicted molar refractivity (Wildman–Crippen MR) is 56.5 cm³/mol. The maximum atomic E-state index is 11.7. The molecule has 1 fully saturated rings. The molecule has 2 nitrogen and oxygen atoms in total. The van der Waals surface area contributed by atoms with Crippen molar-refractivity contribution in [2.45, 2.75) is 39.5 Å². The summed E-state index contributed by atoms with van der Waals surface area (Å²) < 4.78 is 0. The van der Waals surface area contributed by atoms with Crippen LogP contribution >= 0.6 is 0 Å². The first kappa shape index (κ1) is 9.75. The lowest BCUT2D eigenvalue weighted by atomic mass is 9.61. The summed E-state index contributed by atoms with van der Waals surface area (Å²) in [4.78, 5) is 11.7. The van der Waals surface area contributed by atoms with E-state index in [4.69, 9.17) is 5.73 Å². The Kier molecular flexibility index (Phi) is 1.98. The lowest BCUT2D eigenvalue weighted by Crippen LogP contribution is -2.46. The molecule has 0 aromatic carbocycles. The van der Waals surface area contributed by atoms with Gasteiger partial charge in [0.05, 0.1) is 5.41 Å². The molecule has 14 heavy (non-hydrogen) atoms. The van der Waals surface area contributed by atoms with Crippen LogP contribution in [-0.4, -0.2) is 5.91 Å². The van der Waals surface area contributed by atoms with E-state index in [-0.39, 0.29) is 16.7 Å². The standard InChI is InChI=1S/C12H19NO/c1-3-11-6-5-9(7-11)8-12(11,4-2)10(13)14/h5-6,9H,3-4,7-8H2,1-2H3,(H2,13,14). The highest BCUT2D eigenvalue weighted by Crippen LogP contribution is 2.63. The topological polar surface area (TPSA) is 43.1 Å². The third-order valence-electron chi connectivity index (χ3n) is 4.58. The van der Waals surface area contributed by atoms with Crippen molar-refractivity contribution >= 4 is 5.91 Å². The Balaban J connectivity index is 2.45. The van der Waals surface area contributed by atoms with Gasteiger partial charge in [-0.3, -0.25) is 4.79 Å². The Morgan fingerprint density at radius 2 is 2.14 bits per heavy atom. The van der Waals surface area contributed by atoms with Crippen molar-refractivity contribution in [3.05, 3.63) is 12.2 Å².